The summed E-state index contributed by atoms with van der Waals surface area (Å²) in [6.07, 6.45) is 1.24. The lowest BCUT2D eigenvalue weighted by molar-refractivity contribution is 0.385. The highest BCUT2D eigenvalue weighted by atomic mass is 19.1. The van der Waals surface area contributed by atoms with E-state index in [0.717, 1.165) is 12.1 Å². The number of benzene rings is 2. The predicted octanol–water partition coefficient (Wildman–Crippen LogP) is 4.29. The van der Waals surface area contributed by atoms with Crippen molar-refractivity contribution in [2.75, 3.05) is 13.7 Å². The topological polar surface area (TPSA) is 21.3 Å². The van der Waals surface area contributed by atoms with Gasteiger partial charge in [-0.25, -0.2) is 4.39 Å². The molecule has 2 aromatic carbocycles. The molecule has 3 rings (SSSR count). The predicted molar refractivity (Wildman–Crippen MR) is 86.7 cm³/mol. The average molecular weight is 299 g/mol. The zero-order chi connectivity index (χ0) is 15.5. The van der Waals surface area contributed by atoms with Gasteiger partial charge in [-0.1, -0.05) is 36.4 Å². The van der Waals surface area contributed by atoms with Crippen molar-refractivity contribution in [1.29, 1.82) is 0 Å². The summed E-state index contributed by atoms with van der Waals surface area (Å²) in [6, 6.07) is 15.9. The molecule has 0 bridgehead atoms. The van der Waals surface area contributed by atoms with Gasteiger partial charge in [0.1, 0.15) is 0 Å². The molecule has 3 atom stereocenters. The third-order valence-electron chi connectivity index (χ3n) is 4.51. The lowest BCUT2D eigenvalue weighted by atomic mass is 10.1. The molecule has 0 heterocycles. The highest BCUT2D eigenvalue weighted by Crippen LogP contribution is 2.47. The number of methoxy groups -OCH3 is 1. The first-order valence-corrected chi connectivity index (χ1v) is 7.81. The Morgan fingerprint density at radius 3 is 2.68 bits per heavy atom. The standard InChI is InChI=1S/C19H22FNO/c1-13(15-8-9-19(22-2)18(20)11-15)21-12-16-10-17(16)14-6-4-3-5-7-14/h3-9,11,13,16-17,21H,10,12H2,1-2H3/t13-,16+,17+/m1/s1. The Morgan fingerprint density at radius 2 is 2.00 bits per heavy atom. The van der Waals surface area contributed by atoms with E-state index < -0.39 is 0 Å². The molecule has 1 aliphatic rings. The van der Waals surface area contributed by atoms with E-state index in [9.17, 15) is 4.39 Å². The molecule has 3 heteroatoms. The van der Waals surface area contributed by atoms with Gasteiger partial charge in [0, 0.05) is 6.04 Å². The Hall–Kier alpha value is -1.87. The van der Waals surface area contributed by atoms with Gasteiger partial charge >= 0.3 is 0 Å². The maximum Gasteiger partial charge on any atom is 0.165 e. The van der Waals surface area contributed by atoms with Crippen LogP contribution in [0.2, 0.25) is 0 Å². The van der Waals surface area contributed by atoms with Crippen LogP contribution in [0.3, 0.4) is 0 Å². The Kier molecular flexibility index (Phi) is 4.44. The average Bonchev–Trinajstić information content (AvgIpc) is 3.33. The van der Waals surface area contributed by atoms with E-state index in [0.29, 0.717) is 17.6 Å². The van der Waals surface area contributed by atoms with E-state index in [-0.39, 0.29) is 11.9 Å². The second-order valence-corrected chi connectivity index (χ2v) is 6.04. The molecule has 1 saturated carbocycles. The largest absolute Gasteiger partial charge is 0.494 e. The summed E-state index contributed by atoms with van der Waals surface area (Å²) in [5, 5.41) is 3.52. The maximum absolute atomic E-state index is 13.8. The Morgan fingerprint density at radius 1 is 1.23 bits per heavy atom. The minimum absolute atomic E-state index is 0.137. The molecule has 0 unspecified atom stereocenters. The summed E-state index contributed by atoms with van der Waals surface area (Å²) >= 11 is 0. The van der Waals surface area contributed by atoms with E-state index in [1.54, 1.807) is 12.1 Å². The van der Waals surface area contributed by atoms with Crippen molar-refractivity contribution in [2.45, 2.75) is 25.3 Å². The monoisotopic (exact) mass is 299 g/mol. The van der Waals surface area contributed by atoms with Crippen molar-refractivity contribution in [3.05, 3.63) is 65.5 Å². The van der Waals surface area contributed by atoms with Gasteiger partial charge in [-0.05, 0) is 55.0 Å². The summed E-state index contributed by atoms with van der Waals surface area (Å²) in [7, 11) is 1.48. The van der Waals surface area contributed by atoms with Crippen molar-refractivity contribution in [2.24, 2.45) is 5.92 Å². The lowest BCUT2D eigenvalue weighted by Gasteiger charge is -2.15. The number of hydrogen-bond acceptors (Lipinski definition) is 2. The zero-order valence-corrected chi connectivity index (χ0v) is 13.1. The molecule has 0 amide bonds. The van der Waals surface area contributed by atoms with Crippen LogP contribution in [0.15, 0.2) is 48.5 Å². The number of rotatable bonds is 6. The molecule has 1 fully saturated rings. The SMILES string of the molecule is COc1ccc([C@@H](C)NC[C@@H]2C[C@H]2c2ccccc2)cc1F. The molecule has 2 nitrogen and oxygen atoms in total. The molecule has 2 aromatic rings. The van der Waals surface area contributed by atoms with Crippen molar-refractivity contribution in [3.8, 4) is 5.75 Å². The van der Waals surface area contributed by atoms with E-state index >= 15 is 0 Å². The first-order chi connectivity index (χ1) is 10.7. The fraction of sp³-hybridized carbons (Fsp3) is 0.368. The quantitative estimate of drug-likeness (QED) is 0.859. The van der Waals surface area contributed by atoms with Crippen molar-refractivity contribution < 1.29 is 9.13 Å². The van der Waals surface area contributed by atoms with Crippen molar-refractivity contribution in [1.82, 2.24) is 5.32 Å². The molecule has 1 aliphatic carbocycles. The van der Waals surface area contributed by atoms with Crippen LogP contribution in [0.4, 0.5) is 4.39 Å². The second-order valence-electron chi connectivity index (χ2n) is 6.04. The second kappa shape index (κ2) is 6.49. The highest BCUT2D eigenvalue weighted by molar-refractivity contribution is 5.31. The van der Waals surface area contributed by atoms with Crippen molar-refractivity contribution in [3.63, 3.8) is 0 Å². The molecule has 116 valence electrons. The van der Waals surface area contributed by atoms with Gasteiger partial charge in [0.25, 0.3) is 0 Å². The molecule has 0 radical (unpaired) electrons. The summed E-state index contributed by atoms with van der Waals surface area (Å²) in [5.41, 5.74) is 2.38. The van der Waals surface area contributed by atoms with Crippen LogP contribution in [0.25, 0.3) is 0 Å². The first kappa shape index (κ1) is 15.0. The molecular formula is C19H22FNO. The Balaban J connectivity index is 1.53. The van der Waals surface area contributed by atoms with Crippen LogP contribution in [-0.4, -0.2) is 13.7 Å². The van der Waals surface area contributed by atoms with Crippen LogP contribution in [0, 0.1) is 11.7 Å². The number of nitrogens with one attached hydrogen (secondary N) is 1. The van der Waals surface area contributed by atoms with Gasteiger partial charge in [-0.15, -0.1) is 0 Å². The van der Waals surface area contributed by atoms with E-state index in [1.165, 1.54) is 19.1 Å². The third-order valence-corrected chi connectivity index (χ3v) is 4.51. The van der Waals surface area contributed by atoms with E-state index in [2.05, 4.69) is 42.6 Å². The maximum atomic E-state index is 13.8. The smallest absolute Gasteiger partial charge is 0.165 e. The summed E-state index contributed by atoms with van der Waals surface area (Å²) < 4.78 is 18.7. The van der Waals surface area contributed by atoms with Crippen LogP contribution in [0.1, 0.15) is 36.4 Å². The van der Waals surface area contributed by atoms with Crippen LogP contribution >= 0.6 is 0 Å². The van der Waals surface area contributed by atoms with Gasteiger partial charge in [0.15, 0.2) is 11.6 Å². The Labute approximate surface area is 131 Å². The molecule has 0 aliphatic heterocycles. The van der Waals surface area contributed by atoms with E-state index in [4.69, 9.17) is 4.74 Å². The van der Waals surface area contributed by atoms with Gasteiger partial charge in [0.2, 0.25) is 0 Å². The molecule has 22 heavy (non-hydrogen) atoms. The molecule has 0 spiro atoms. The molecule has 0 saturated heterocycles. The molecule has 1 N–H and O–H groups in total. The van der Waals surface area contributed by atoms with E-state index in [1.807, 2.05) is 6.07 Å². The molecule has 0 aromatic heterocycles. The summed E-state index contributed by atoms with van der Waals surface area (Å²) in [6.45, 7) is 3.04. The highest BCUT2D eigenvalue weighted by Gasteiger charge is 2.37. The minimum Gasteiger partial charge on any atom is -0.494 e. The third kappa shape index (κ3) is 3.30. The fourth-order valence-corrected chi connectivity index (χ4v) is 2.98. The first-order valence-electron chi connectivity index (χ1n) is 7.81. The van der Waals surface area contributed by atoms with Gasteiger partial charge in [-0.2, -0.15) is 0 Å². The van der Waals surface area contributed by atoms with Crippen LogP contribution < -0.4 is 10.1 Å². The van der Waals surface area contributed by atoms with Gasteiger partial charge in [0.05, 0.1) is 7.11 Å². The summed E-state index contributed by atoms with van der Waals surface area (Å²) in [5.74, 6) is 1.35. The van der Waals surface area contributed by atoms with Crippen LogP contribution in [0.5, 0.6) is 5.75 Å². The number of hydrogen-bond donors (Lipinski definition) is 1. The number of ether oxygens (including phenoxy) is 1. The van der Waals surface area contributed by atoms with Gasteiger partial charge in [-0.3, -0.25) is 0 Å². The van der Waals surface area contributed by atoms with Crippen molar-refractivity contribution >= 4 is 0 Å². The normalized spacial score (nSPS) is 21.4. The fourth-order valence-electron chi connectivity index (χ4n) is 2.98. The lowest BCUT2D eigenvalue weighted by Crippen LogP contribution is -2.21. The minimum atomic E-state index is -0.303. The zero-order valence-electron chi connectivity index (χ0n) is 13.1. The number of halogens is 1. The molecular weight excluding hydrogens is 277 g/mol. The van der Waals surface area contributed by atoms with Gasteiger partial charge < -0.3 is 10.1 Å². The Bertz CT molecular complexity index is 629. The summed E-state index contributed by atoms with van der Waals surface area (Å²) in [4.78, 5) is 0. The van der Waals surface area contributed by atoms with Crippen LogP contribution in [-0.2, 0) is 0 Å².